The Hall–Kier alpha value is -2.17. The zero-order valence-electron chi connectivity index (χ0n) is 12.2. The van der Waals surface area contributed by atoms with Gasteiger partial charge in [0.05, 0.1) is 11.9 Å². The number of hydrogen-bond acceptors (Lipinski definition) is 7. The van der Waals surface area contributed by atoms with E-state index in [9.17, 15) is 9.00 Å². The summed E-state index contributed by atoms with van der Waals surface area (Å²) in [7, 11) is 3.07. The van der Waals surface area contributed by atoms with Crippen molar-refractivity contribution in [1.29, 1.82) is 0 Å². The summed E-state index contributed by atoms with van der Waals surface area (Å²) in [5.74, 6) is -0.610. The summed E-state index contributed by atoms with van der Waals surface area (Å²) in [5, 5.41) is 21.6. The number of nitrogens with zero attached hydrogens (tertiary/aromatic N) is 5. The quantitative estimate of drug-likeness (QED) is 0.752. The lowest BCUT2D eigenvalue weighted by molar-refractivity contribution is -0.153. The number of carboxylic acids is 1. The van der Waals surface area contributed by atoms with Crippen LogP contribution in [-0.4, -0.2) is 53.6 Å². The molecule has 0 fully saturated rings. The van der Waals surface area contributed by atoms with Gasteiger partial charge >= 0.3 is 5.97 Å². The Labute approximate surface area is 129 Å². The van der Waals surface area contributed by atoms with Crippen LogP contribution in [0.1, 0.15) is 6.92 Å². The standard InChI is InChI=1S/C12H15N5O4S/c1-8(12(18)19)16(2)21-22(20)10-6-4-9(5-7-10)11-13-15-17(3)14-11/h4-8H,1-3H3,(H,18,19). The molecule has 0 aliphatic heterocycles. The number of benzene rings is 1. The van der Waals surface area contributed by atoms with Gasteiger partial charge in [-0.1, -0.05) is 0 Å². The molecule has 22 heavy (non-hydrogen) atoms. The fraction of sp³-hybridized carbons (Fsp3) is 0.333. The van der Waals surface area contributed by atoms with Gasteiger partial charge in [-0.25, -0.2) is 4.21 Å². The summed E-state index contributed by atoms with van der Waals surface area (Å²) >= 11 is -1.81. The number of aryl methyl sites for hydroxylation is 1. The predicted molar refractivity (Wildman–Crippen MR) is 76.6 cm³/mol. The molecule has 118 valence electrons. The lowest BCUT2D eigenvalue weighted by atomic mass is 10.2. The van der Waals surface area contributed by atoms with E-state index < -0.39 is 23.1 Å². The largest absolute Gasteiger partial charge is 0.480 e. The van der Waals surface area contributed by atoms with Crippen LogP contribution in [0, 0.1) is 0 Å². The van der Waals surface area contributed by atoms with E-state index in [1.54, 1.807) is 31.3 Å². The molecule has 0 saturated carbocycles. The monoisotopic (exact) mass is 325 g/mol. The first-order valence-electron chi connectivity index (χ1n) is 6.28. The van der Waals surface area contributed by atoms with Crippen LogP contribution in [0.2, 0.25) is 0 Å². The molecule has 1 aromatic heterocycles. The van der Waals surface area contributed by atoms with Crippen molar-refractivity contribution < 1.29 is 18.4 Å². The molecule has 0 amide bonds. The molecule has 2 atom stereocenters. The molecule has 0 radical (unpaired) electrons. The number of tetrazole rings is 1. The number of likely N-dealkylation sites (N-methyl/N-ethyl adjacent to an activating group) is 1. The second-order valence-corrected chi connectivity index (χ2v) is 5.59. The minimum Gasteiger partial charge on any atom is -0.480 e. The summed E-state index contributed by atoms with van der Waals surface area (Å²) in [4.78, 5) is 12.6. The van der Waals surface area contributed by atoms with Crippen LogP contribution in [0.15, 0.2) is 29.2 Å². The van der Waals surface area contributed by atoms with Crippen molar-refractivity contribution in [3.8, 4) is 11.4 Å². The zero-order chi connectivity index (χ0) is 16.3. The minimum atomic E-state index is -1.81. The predicted octanol–water partition coefficient (Wildman–Crippen LogP) is 0.236. The molecular weight excluding hydrogens is 310 g/mol. The fourth-order valence-corrected chi connectivity index (χ4v) is 2.27. The van der Waals surface area contributed by atoms with E-state index in [1.807, 2.05) is 0 Å². The maximum atomic E-state index is 12.0. The van der Waals surface area contributed by atoms with E-state index >= 15 is 0 Å². The van der Waals surface area contributed by atoms with Gasteiger partial charge in [-0.15, -0.1) is 10.2 Å². The van der Waals surface area contributed by atoms with Gasteiger partial charge in [0.2, 0.25) is 16.9 Å². The fourth-order valence-electron chi connectivity index (χ4n) is 1.48. The Morgan fingerprint density at radius 3 is 2.55 bits per heavy atom. The van der Waals surface area contributed by atoms with Gasteiger partial charge in [-0.3, -0.25) is 4.79 Å². The molecule has 0 saturated heterocycles. The van der Waals surface area contributed by atoms with E-state index in [4.69, 9.17) is 9.39 Å². The average molecular weight is 325 g/mol. The lowest BCUT2D eigenvalue weighted by Gasteiger charge is -2.18. The van der Waals surface area contributed by atoms with Gasteiger partial charge < -0.3 is 5.11 Å². The molecule has 1 heterocycles. The van der Waals surface area contributed by atoms with Crippen LogP contribution < -0.4 is 0 Å². The topological polar surface area (TPSA) is 110 Å². The molecule has 1 N–H and O–H groups in total. The molecule has 2 unspecified atom stereocenters. The zero-order valence-corrected chi connectivity index (χ0v) is 13.0. The van der Waals surface area contributed by atoms with Crippen LogP contribution >= 0.6 is 0 Å². The second-order valence-electron chi connectivity index (χ2n) is 4.50. The smallest absolute Gasteiger partial charge is 0.323 e. The maximum absolute atomic E-state index is 12.0. The highest BCUT2D eigenvalue weighted by molar-refractivity contribution is 7.80. The van der Waals surface area contributed by atoms with Gasteiger partial charge in [0.15, 0.2) is 0 Å². The van der Waals surface area contributed by atoms with Crippen LogP contribution in [0.5, 0.6) is 0 Å². The number of carbonyl (C=O) groups is 1. The second kappa shape index (κ2) is 6.73. The first kappa shape index (κ1) is 16.2. The molecule has 9 nitrogen and oxygen atoms in total. The van der Waals surface area contributed by atoms with Crippen molar-refractivity contribution in [2.75, 3.05) is 7.05 Å². The Balaban J connectivity index is 2.07. The summed E-state index contributed by atoms with van der Waals surface area (Å²) in [6.07, 6.45) is 0. The molecule has 0 aliphatic rings. The first-order valence-corrected chi connectivity index (χ1v) is 7.36. The molecule has 2 aromatic rings. The third kappa shape index (κ3) is 3.72. The highest BCUT2D eigenvalue weighted by atomic mass is 32.2. The van der Waals surface area contributed by atoms with Crippen molar-refractivity contribution in [3.63, 3.8) is 0 Å². The van der Waals surface area contributed by atoms with E-state index in [1.165, 1.54) is 18.8 Å². The van der Waals surface area contributed by atoms with E-state index in [0.29, 0.717) is 10.7 Å². The van der Waals surface area contributed by atoms with Gasteiger partial charge in [0, 0.05) is 12.6 Å². The number of rotatable bonds is 6. The van der Waals surface area contributed by atoms with Gasteiger partial charge in [0.1, 0.15) is 6.04 Å². The molecule has 0 bridgehead atoms. The Morgan fingerprint density at radius 1 is 1.41 bits per heavy atom. The first-order chi connectivity index (χ1) is 10.4. The average Bonchev–Trinajstić information content (AvgIpc) is 2.93. The normalized spacial score (nSPS) is 14.0. The van der Waals surface area contributed by atoms with Gasteiger partial charge in [0.25, 0.3) is 0 Å². The van der Waals surface area contributed by atoms with E-state index in [0.717, 1.165) is 10.6 Å². The number of aromatic nitrogens is 4. The summed E-state index contributed by atoms with van der Waals surface area (Å²) in [5.41, 5.74) is 0.723. The number of aliphatic carboxylic acids is 1. The molecule has 1 aromatic carbocycles. The van der Waals surface area contributed by atoms with Crippen molar-refractivity contribution in [3.05, 3.63) is 24.3 Å². The van der Waals surface area contributed by atoms with Crippen molar-refractivity contribution >= 4 is 17.0 Å². The maximum Gasteiger partial charge on any atom is 0.323 e. The number of hydroxylamine groups is 2. The van der Waals surface area contributed by atoms with Gasteiger partial charge in [-0.2, -0.15) is 14.1 Å². The number of carboxylic acid groups (broad SMARTS) is 1. The Morgan fingerprint density at radius 2 is 2.05 bits per heavy atom. The summed E-state index contributed by atoms with van der Waals surface area (Å²) in [6, 6.07) is 5.66. The van der Waals surface area contributed by atoms with Crippen LogP contribution in [0.4, 0.5) is 0 Å². The van der Waals surface area contributed by atoms with Crippen LogP contribution in [0.3, 0.4) is 0 Å². The third-order valence-electron chi connectivity index (χ3n) is 2.90. The summed E-state index contributed by atoms with van der Waals surface area (Å²) < 4.78 is 17.1. The van der Waals surface area contributed by atoms with Gasteiger partial charge in [-0.05, 0) is 36.4 Å². The molecule has 0 aliphatic carbocycles. The summed E-state index contributed by atoms with van der Waals surface area (Å²) in [6.45, 7) is 1.43. The van der Waals surface area contributed by atoms with Crippen LogP contribution in [0.25, 0.3) is 11.4 Å². The molecule has 2 rings (SSSR count). The van der Waals surface area contributed by atoms with Crippen molar-refractivity contribution in [1.82, 2.24) is 25.3 Å². The van der Waals surface area contributed by atoms with E-state index in [2.05, 4.69) is 15.4 Å². The molecular formula is C12H15N5O4S. The van der Waals surface area contributed by atoms with Crippen molar-refractivity contribution in [2.24, 2.45) is 7.05 Å². The Bertz CT molecular complexity index is 687. The number of hydrogen-bond donors (Lipinski definition) is 1. The third-order valence-corrected chi connectivity index (χ3v) is 3.93. The lowest BCUT2D eigenvalue weighted by Crippen LogP contribution is -2.36. The minimum absolute atomic E-state index is 0.400. The molecule has 0 spiro atoms. The SMILES string of the molecule is CC(C(=O)O)N(C)OS(=O)c1ccc(-c2nnn(C)n2)cc1. The van der Waals surface area contributed by atoms with Crippen LogP contribution in [-0.2, 0) is 27.2 Å². The highest BCUT2D eigenvalue weighted by Crippen LogP contribution is 2.17. The van der Waals surface area contributed by atoms with Crippen molar-refractivity contribution in [2.45, 2.75) is 17.9 Å². The molecule has 10 heteroatoms. The van der Waals surface area contributed by atoms with E-state index in [-0.39, 0.29) is 0 Å². The highest BCUT2D eigenvalue weighted by Gasteiger charge is 2.20. The Kier molecular flexibility index (Phi) is 4.96.